The second-order valence-corrected chi connectivity index (χ2v) is 10.1. The number of carboxylic acid groups (broad SMARTS) is 1. The summed E-state index contributed by atoms with van der Waals surface area (Å²) in [4.78, 5) is 12.4. The van der Waals surface area contributed by atoms with Crippen molar-refractivity contribution in [2.24, 2.45) is 0 Å². The third kappa shape index (κ3) is 5.23. The Morgan fingerprint density at radius 1 is 0.967 bits per heavy atom. The lowest BCUT2D eigenvalue weighted by Gasteiger charge is -2.23. The number of carboxylic acids is 1. The summed E-state index contributed by atoms with van der Waals surface area (Å²) < 4.78 is 26.4. The fourth-order valence-corrected chi connectivity index (χ4v) is 6.07. The summed E-state index contributed by atoms with van der Waals surface area (Å²) in [7, 11) is -4.20. The lowest BCUT2D eigenvalue weighted by Crippen LogP contribution is -2.47. The van der Waals surface area contributed by atoms with E-state index < -0.39 is 27.2 Å². The SMILES string of the molecule is O=C(O)C(O)(CSc1ccccc1)CS(=O)(=O)c1cc(Cl)ccc1-c1ccccc1. The van der Waals surface area contributed by atoms with Gasteiger partial charge in [0.1, 0.15) is 0 Å². The molecule has 30 heavy (non-hydrogen) atoms. The first kappa shape index (κ1) is 22.4. The van der Waals surface area contributed by atoms with E-state index in [1.807, 2.05) is 6.07 Å². The maximum Gasteiger partial charge on any atom is 0.337 e. The molecule has 3 aromatic rings. The molecule has 0 aliphatic carbocycles. The van der Waals surface area contributed by atoms with Crippen LogP contribution in [0.25, 0.3) is 11.1 Å². The number of hydrogen-bond donors (Lipinski definition) is 2. The minimum absolute atomic E-state index is 0.120. The molecule has 3 rings (SSSR count). The molecule has 0 aliphatic rings. The van der Waals surface area contributed by atoms with Crippen molar-refractivity contribution in [2.75, 3.05) is 11.5 Å². The van der Waals surface area contributed by atoms with Crippen LogP contribution in [0.5, 0.6) is 0 Å². The van der Waals surface area contributed by atoms with E-state index in [0.717, 1.165) is 16.7 Å². The van der Waals surface area contributed by atoms with Crippen LogP contribution in [0, 0.1) is 0 Å². The number of aliphatic hydroxyl groups is 1. The third-order valence-corrected chi connectivity index (χ3v) is 7.74. The summed E-state index contributed by atoms with van der Waals surface area (Å²) in [6.07, 6.45) is 0. The molecule has 0 saturated heterocycles. The zero-order chi connectivity index (χ0) is 21.8. The summed E-state index contributed by atoms with van der Waals surface area (Å²) in [5, 5.41) is 20.6. The molecule has 0 aromatic heterocycles. The van der Waals surface area contributed by atoms with E-state index >= 15 is 0 Å². The first-order chi connectivity index (χ1) is 14.2. The molecule has 5 nitrogen and oxygen atoms in total. The van der Waals surface area contributed by atoms with Crippen LogP contribution in [0.4, 0.5) is 0 Å². The maximum absolute atomic E-state index is 13.2. The smallest absolute Gasteiger partial charge is 0.337 e. The normalized spacial score (nSPS) is 13.5. The Hall–Kier alpha value is -2.32. The van der Waals surface area contributed by atoms with Crippen molar-refractivity contribution in [3.05, 3.63) is 83.9 Å². The van der Waals surface area contributed by atoms with Gasteiger partial charge in [-0.25, -0.2) is 13.2 Å². The number of carbonyl (C=O) groups is 1. The van der Waals surface area contributed by atoms with Gasteiger partial charge in [0.05, 0.1) is 10.6 Å². The summed E-state index contributed by atoms with van der Waals surface area (Å²) in [5.74, 6) is -2.90. The highest BCUT2D eigenvalue weighted by atomic mass is 35.5. The van der Waals surface area contributed by atoms with E-state index in [1.165, 1.54) is 6.07 Å². The van der Waals surface area contributed by atoms with Gasteiger partial charge in [0, 0.05) is 21.2 Å². The molecule has 1 unspecified atom stereocenters. The van der Waals surface area contributed by atoms with Gasteiger partial charge in [-0.3, -0.25) is 0 Å². The highest BCUT2D eigenvalue weighted by Crippen LogP contribution is 2.33. The van der Waals surface area contributed by atoms with Gasteiger partial charge in [-0.2, -0.15) is 0 Å². The summed E-state index contributed by atoms with van der Waals surface area (Å²) >= 11 is 7.11. The first-order valence-corrected chi connectivity index (χ1v) is 11.9. The second-order valence-electron chi connectivity index (χ2n) is 6.70. The van der Waals surface area contributed by atoms with Gasteiger partial charge in [-0.1, -0.05) is 66.2 Å². The monoisotopic (exact) mass is 462 g/mol. The molecule has 0 fully saturated rings. The molecule has 3 aromatic carbocycles. The molecule has 0 amide bonds. The van der Waals surface area contributed by atoms with E-state index in [2.05, 4.69) is 0 Å². The maximum atomic E-state index is 13.2. The second kappa shape index (κ2) is 9.22. The Morgan fingerprint density at radius 2 is 1.57 bits per heavy atom. The van der Waals surface area contributed by atoms with Gasteiger partial charge < -0.3 is 10.2 Å². The molecule has 156 valence electrons. The summed E-state index contributed by atoms with van der Waals surface area (Å²) in [6.45, 7) is 0. The molecule has 2 N–H and O–H groups in total. The van der Waals surface area contributed by atoms with E-state index in [-0.39, 0.29) is 15.7 Å². The number of aliphatic carboxylic acids is 1. The average Bonchev–Trinajstić information content (AvgIpc) is 2.73. The van der Waals surface area contributed by atoms with E-state index in [1.54, 1.807) is 66.7 Å². The minimum atomic E-state index is -4.20. The van der Waals surface area contributed by atoms with Gasteiger partial charge >= 0.3 is 5.97 Å². The van der Waals surface area contributed by atoms with E-state index in [9.17, 15) is 23.4 Å². The Labute approximate surface area is 184 Å². The van der Waals surface area contributed by atoms with Gasteiger partial charge in [0.25, 0.3) is 0 Å². The lowest BCUT2D eigenvalue weighted by molar-refractivity contribution is -0.153. The molecule has 0 aliphatic heterocycles. The van der Waals surface area contributed by atoms with Crippen LogP contribution in [-0.2, 0) is 14.6 Å². The highest BCUT2D eigenvalue weighted by molar-refractivity contribution is 7.99. The zero-order valence-electron chi connectivity index (χ0n) is 15.7. The molecular formula is C22H19ClO5S2. The zero-order valence-corrected chi connectivity index (χ0v) is 18.1. The Kier molecular flexibility index (Phi) is 6.88. The summed E-state index contributed by atoms with van der Waals surface area (Å²) in [6, 6.07) is 22.1. The number of thioether (sulfide) groups is 1. The van der Waals surface area contributed by atoms with Gasteiger partial charge in [-0.05, 0) is 29.8 Å². The van der Waals surface area contributed by atoms with Crippen LogP contribution in [0.15, 0.2) is 88.7 Å². The van der Waals surface area contributed by atoms with Crippen molar-refractivity contribution in [3.63, 3.8) is 0 Å². The van der Waals surface area contributed by atoms with E-state index in [4.69, 9.17) is 11.6 Å². The van der Waals surface area contributed by atoms with Gasteiger partial charge in [0.15, 0.2) is 15.4 Å². The van der Waals surface area contributed by atoms with E-state index in [0.29, 0.717) is 11.1 Å². The molecule has 1 atom stereocenters. The predicted octanol–water partition coefficient (Wildman–Crippen LogP) is 4.39. The molecule has 0 spiro atoms. The fraction of sp³-hybridized carbons (Fsp3) is 0.136. The minimum Gasteiger partial charge on any atom is -0.479 e. The van der Waals surface area contributed by atoms with Crippen molar-refractivity contribution in [2.45, 2.75) is 15.4 Å². The number of hydrogen-bond acceptors (Lipinski definition) is 5. The lowest BCUT2D eigenvalue weighted by atomic mass is 10.1. The van der Waals surface area contributed by atoms with Crippen molar-refractivity contribution < 1.29 is 23.4 Å². The number of benzene rings is 3. The van der Waals surface area contributed by atoms with Gasteiger partial charge in [0.2, 0.25) is 0 Å². The molecular weight excluding hydrogens is 444 g/mol. The van der Waals surface area contributed by atoms with Gasteiger partial charge in [-0.15, -0.1) is 11.8 Å². The van der Waals surface area contributed by atoms with Crippen LogP contribution in [0.1, 0.15) is 0 Å². The average molecular weight is 463 g/mol. The Morgan fingerprint density at radius 3 is 2.17 bits per heavy atom. The summed E-state index contributed by atoms with van der Waals surface area (Å²) in [5.41, 5.74) is -1.44. The molecule has 0 radical (unpaired) electrons. The molecule has 8 heteroatoms. The van der Waals surface area contributed by atoms with Crippen molar-refractivity contribution >= 4 is 39.2 Å². The van der Waals surface area contributed by atoms with Crippen molar-refractivity contribution in [1.82, 2.24) is 0 Å². The number of halogens is 1. The number of sulfone groups is 1. The van der Waals surface area contributed by atoms with Crippen molar-refractivity contribution in [3.8, 4) is 11.1 Å². The Bertz CT molecular complexity index is 1130. The molecule has 0 saturated carbocycles. The van der Waals surface area contributed by atoms with Crippen LogP contribution in [0.2, 0.25) is 5.02 Å². The standard InChI is InChI=1S/C22H19ClO5S2/c23-17-11-12-19(16-7-3-1-4-8-16)20(13-17)30(27,28)15-22(26,21(24)25)14-29-18-9-5-2-6-10-18/h1-13,26H,14-15H2,(H,24,25). The van der Waals surface area contributed by atoms with Crippen molar-refractivity contribution in [1.29, 1.82) is 0 Å². The molecule has 0 heterocycles. The van der Waals surface area contributed by atoms with Crippen LogP contribution < -0.4 is 0 Å². The fourth-order valence-electron chi connectivity index (χ4n) is 2.89. The largest absolute Gasteiger partial charge is 0.479 e. The van der Waals surface area contributed by atoms with Crippen LogP contribution >= 0.6 is 23.4 Å². The first-order valence-electron chi connectivity index (χ1n) is 8.93. The highest BCUT2D eigenvalue weighted by Gasteiger charge is 2.42. The number of rotatable bonds is 8. The quantitative estimate of drug-likeness (QED) is 0.482. The van der Waals surface area contributed by atoms with Crippen LogP contribution in [-0.4, -0.2) is 41.7 Å². The third-order valence-electron chi connectivity index (χ3n) is 4.41. The predicted molar refractivity (Wildman–Crippen MR) is 119 cm³/mol. The Balaban J connectivity index is 1.96. The topological polar surface area (TPSA) is 91.7 Å². The molecule has 0 bridgehead atoms. The van der Waals surface area contributed by atoms with Crippen LogP contribution in [0.3, 0.4) is 0 Å².